The standard InChI is InChI=1S/C16H34O2Si2/c1-19(2,3)17-15-13-11-9-7-8-10-12-14-16(15)18-20(4,5)6/h7-14H2,1-6H3. The van der Waals surface area contributed by atoms with Gasteiger partial charge in [0.2, 0.25) is 16.6 Å². The Hall–Kier alpha value is -0.226. The van der Waals surface area contributed by atoms with Crippen LogP contribution in [0.5, 0.6) is 0 Å². The SMILES string of the molecule is C[Si](C)(C)OC1=C(O[Si](C)(C)C)CCCCCCCC1. The zero-order valence-corrected chi connectivity index (χ0v) is 16.5. The van der Waals surface area contributed by atoms with Gasteiger partial charge in [0.15, 0.2) is 0 Å². The van der Waals surface area contributed by atoms with Crippen LogP contribution in [0.3, 0.4) is 0 Å². The van der Waals surface area contributed by atoms with Crippen LogP contribution < -0.4 is 0 Å². The Morgan fingerprint density at radius 3 is 1.15 bits per heavy atom. The van der Waals surface area contributed by atoms with Gasteiger partial charge in [0.05, 0.1) is 0 Å². The fourth-order valence-corrected chi connectivity index (χ4v) is 4.42. The molecule has 0 atom stereocenters. The van der Waals surface area contributed by atoms with Crippen LogP contribution in [-0.2, 0) is 8.85 Å². The molecule has 2 nitrogen and oxygen atoms in total. The molecule has 1 rings (SSSR count). The molecule has 1 aliphatic carbocycles. The molecule has 0 aromatic rings. The Kier molecular flexibility index (Phi) is 6.85. The minimum atomic E-state index is -1.55. The van der Waals surface area contributed by atoms with Gasteiger partial charge in [-0.3, -0.25) is 0 Å². The van der Waals surface area contributed by atoms with Crippen LogP contribution in [0.15, 0.2) is 11.5 Å². The van der Waals surface area contributed by atoms with Crippen molar-refractivity contribution in [1.82, 2.24) is 0 Å². The second-order valence-electron chi connectivity index (χ2n) is 7.90. The Balaban J connectivity index is 2.93. The number of hydrogen-bond acceptors (Lipinski definition) is 2. The minimum Gasteiger partial charge on any atom is -0.545 e. The van der Waals surface area contributed by atoms with Crippen LogP contribution in [0, 0.1) is 0 Å². The molecule has 4 heteroatoms. The van der Waals surface area contributed by atoms with E-state index >= 15 is 0 Å². The molecule has 118 valence electrons. The van der Waals surface area contributed by atoms with Gasteiger partial charge in [0.1, 0.15) is 11.5 Å². The summed E-state index contributed by atoms with van der Waals surface area (Å²) in [5.41, 5.74) is 0. The fourth-order valence-electron chi connectivity index (χ4n) is 2.51. The predicted molar refractivity (Wildman–Crippen MR) is 92.8 cm³/mol. The van der Waals surface area contributed by atoms with E-state index in [0.717, 1.165) is 12.8 Å². The summed E-state index contributed by atoms with van der Waals surface area (Å²) < 4.78 is 12.8. The number of rotatable bonds is 4. The van der Waals surface area contributed by atoms with Crippen molar-refractivity contribution in [3.05, 3.63) is 11.5 Å². The van der Waals surface area contributed by atoms with Crippen molar-refractivity contribution in [2.24, 2.45) is 0 Å². The summed E-state index contributed by atoms with van der Waals surface area (Å²) in [6.45, 7) is 13.6. The van der Waals surface area contributed by atoms with E-state index in [9.17, 15) is 0 Å². The molecule has 0 aromatic carbocycles. The average Bonchev–Trinajstić information content (AvgIpc) is 2.26. The maximum atomic E-state index is 6.38. The van der Waals surface area contributed by atoms with E-state index in [1.54, 1.807) is 0 Å². The van der Waals surface area contributed by atoms with Gasteiger partial charge in [-0.25, -0.2) is 0 Å². The maximum absolute atomic E-state index is 6.38. The second-order valence-corrected chi connectivity index (χ2v) is 16.8. The van der Waals surface area contributed by atoms with E-state index in [1.807, 2.05) is 0 Å². The van der Waals surface area contributed by atoms with Crippen LogP contribution in [0.25, 0.3) is 0 Å². The van der Waals surface area contributed by atoms with Gasteiger partial charge in [-0.2, -0.15) is 0 Å². The van der Waals surface area contributed by atoms with Crippen molar-refractivity contribution in [3.63, 3.8) is 0 Å². The lowest BCUT2D eigenvalue weighted by molar-refractivity contribution is 0.305. The van der Waals surface area contributed by atoms with Gasteiger partial charge < -0.3 is 8.85 Å². The molecule has 0 N–H and O–H groups in total. The van der Waals surface area contributed by atoms with Gasteiger partial charge in [-0.1, -0.05) is 25.7 Å². The van der Waals surface area contributed by atoms with Gasteiger partial charge in [-0.15, -0.1) is 0 Å². The quantitative estimate of drug-likeness (QED) is 0.589. The lowest BCUT2D eigenvalue weighted by Gasteiger charge is -2.29. The largest absolute Gasteiger partial charge is 0.545 e. The highest BCUT2D eigenvalue weighted by Crippen LogP contribution is 2.28. The lowest BCUT2D eigenvalue weighted by atomic mass is 10.0. The lowest BCUT2D eigenvalue weighted by Crippen LogP contribution is -2.29. The van der Waals surface area contributed by atoms with E-state index in [2.05, 4.69) is 39.3 Å². The molecule has 0 heterocycles. The molecule has 20 heavy (non-hydrogen) atoms. The van der Waals surface area contributed by atoms with Crippen LogP contribution in [-0.4, -0.2) is 16.6 Å². The average molecular weight is 315 g/mol. The van der Waals surface area contributed by atoms with E-state index < -0.39 is 16.6 Å². The molecule has 0 spiro atoms. The van der Waals surface area contributed by atoms with Crippen molar-refractivity contribution in [1.29, 1.82) is 0 Å². The first kappa shape index (κ1) is 17.8. The predicted octanol–water partition coefficient (Wildman–Crippen LogP) is 6.04. The van der Waals surface area contributed by atoms with E-state index in [4.69, 9.17) is 8.85 Å². The van der Waals surface area contributed by atoms with Gasteiger partial charge in [0, 0.05) is 12.8 Å². The van der Waals surface area contributed by atoms with Crippen molar-refractivity contribution >= 4 is 16.6 Å². The van der Waals surface area contributed by atoms with E-state index in [-0.39, 0.29) is 0 Å². The monoisotopic (exact) mass is 314 g/mol. The van der Waals surface area contributed by atoms with Crippen LogP contribution in [0.4, 0.5) is 0 Å². The Labute approximate surface area is 128 Å². The Morgan fingerprint density at radius 2 is 0.850 bits per heavy atom. The molecule has 0 radical (unpaired) electrons. The third-order valence-electron chi connectivity index (χ3n) is 3.23. The first-order chi connectivity index (χ1) is 9.17. The molecule has 0 fully saturated rings. The van der Waals surface area contributed by atoms with Crippen LogP contribution in [0.2, 0.25) is 39.3 Å². The fraction of sp³-hybridized carbons (Fsp3) is 0.875. The summed E-state index contributed by atoms with van der Waals surface area (Å²) in [6.07, 6.45) is 10.1. The minimum absolute atomic E-state index is 1.07. The third-order valence-corrected chi connectivity index (χ3v) is 4.94. The number of allylic oxidation sites excluding steroid dienone is 2. The Bertz CT molecular complexity index is 292. The summed E-state index contributed by atoms with van der Waals surface area (Å²) in [4.78, 5) is 0. The van der Waals surface area contributed by atoms with Gasteiger partial charge in [-0.05, 0) is 52.1 Å². The van der Waals surface area contributed by atoms with Crippen molar-refractivity contribution in [2.75, 3.05) is 0 Å². The smallest absolute Gasteiger partial charge is 0.241 e. The molecule has 0 amide bonds. The molecule has 0 saturated carbocycles. The molecule has 0 unspecified atom stereocenters. The highest BCUT2D eigenvalue weighted by atomic mass is 28.4. The summed E-state index contributed by atoms with van der Waals surface area (Å²) in [6, 6.07) is 0. The molecule has 0 saturated heterocycles. The summed E-state index contributed by atoms with van der Waals surface area (Å²) >= 11 is 0. The highest BCUT2D eigenvalue weighted by molar-refractivity contribution is 6.70. The topological polar surface area (TPSA) is 18.5 Å². The van der Waals surface area contributed by atoms with E-state index in [1.165, 1.54) is 50.0 Å². The third kappa shape index (κ3) is 8.15. The first-order valence-corrected chi connectivity index (χ1v) is 15.1. The number of hydrogen-bond donors (Lipinski definition) is 0. The zero-order valence-electron chi connectivity index (χ0n) is 14.5. The van der Waals surface area contributed by atoms with Crippen LogP contribution in [0.1, 0.15) is 51.4 Å². The molecule has 0 bridgehead atoms. The molecule has 1 aliphatic rings. The molecule has 0 aromatic heterocycles. The maximum Gasteiger partial charge on any atom is 0.241 e. The molecular weight excluding hydrogens is 280 g/mol. The Morgan fingerprint density at radius 1 is 0.550 bits per heavy atom. The summed E-state index contributed by atoms with van der Waals surface area (Å²) in [5, 5.41) is 0. The van der Waals surface area contributed by atoms with Crippen molar-refractivity contribution < 1.29 is 8.85 Å². The second kappa shape index (κ2) is 7.69. The highest BCUT2D eigenvalue weighted by Gasteiger charge is 2.24. The zero-order chi connectivity index (χ0) is 15.2. The summed E-state index contributed by atoms with van der Waals surface area (Å²) in [5.74, 6) is 2.38. The molecular formula is C16H34O2Si2. The van der Waals surface area contributed by atoms with Gasteiger partial charge in [0.25, 0.3) is 0 Å². The van der Waals surface area contributed by atoms with Crippen LogP contribution >= 0.6 is 0 Å². The first-order valence-electron chi connectivity index (χ1n) is 8.27. The summed E-state index contributed by atoms with van der Waals surface area (Å²) in [7, 11) is -3.10. The van der Waals surface area contributed by atoms with Crippen molar-refractivity contribution in [2.45, 2.75) is 90.6 Å². The normalized spacial score (nSPS) is 19.7. The van der Waals surface area contributed by atoms with E-state index in [0.29, 0.717) is 0 Å². The molecule has 0 aliphatic heterocycles. The van der Waals surface area contributed by atoms with Crippen molar-refractivity contribution in [3.8, 4) is 0 Å². The van der Waals surface area contributed by atoms with Gasteiger partial charge >= 0.3 is 0 Å².